The molecule has 1 aliphatic heterocycles. The summed E-state index contributed by atoms with van der Waals surface area (Å²) in [4.78, 5) is 22.4. The number of ether oxygens (including phenoxy) is 2. The van der Waals surface area contributed by atoms with Gasteiger partial charge >= 0.3 is 5.69 Å². The minimum atomic E-state index is -0.711. The Morgan fingerprint density at radius 3 is 2.85 bits per heavy atom. The van der Waals surface area contributed by atoms with Crippen LogP contribution < -0.4 is 14.8 Å². The number of fused-ring (bicyclic) bond motifs is 1. The minimum Gasteiger partial charge on any atom is -0.502 e. The van der Waals surface area contributed by atoms with Crippen molar-refractivity contribution in [1.82, 2.24) is 5.32 Å². The number of aromatic hydroxyl groups is 1. The zero-order valence-electron chi connectivity index (χ0n) is 15.0. The lowest BCUT2D eigenvalue weighted by Gasteiger charge is -2.13. The van der Waals surface area contributed by atoms with Gasteiger partial charge in [0.1, 0.15) is 17.6 Å². The number of carbonyl (C=O) groups is 1. The van der Waals surface area contributed by atoms with Gasteiger partial charge in [-0.15, -0.1) is 0 Å². The predicted molar refractivity (Wildman–Crippen MR) is 97.3 cm³/mol. The highest BCUT2D eigenvalue weighted by atomic mass is 16.6. The van der Waals surface area contributed by atoms with E-state index in [9.17, 15) is 20.0 Å². The van der Waals surface area contributed by atoms with E-state index in [1.165, 1.54) is 6.07 Å². The molecule has 0 fully saturated rings. The highest BCUT2D eigenvalue weighted by molar-refractivity contribution is 5.95. The quantitative estimate of drug-likeness (QED) is 0.596. The van der Waals surface area contributed by atoms with Crippen molar-refractivity contribution in [2.75, 3.05) is 6.61 Å². The Morgan fingerprint density at radius 1 is 1.41 bits per heavy atom. The van der Waals surface area contributed by atoms with Crippen molar-refractivity contribution in [1.29, 1.82) is 0 Å². The first-order valence-corrected chi connectivity index (χ1v) is 8.60. The van der Waals surface area contributed by atoms with E-state index in [0.717, 1.165) is 35.4 Å². The van der Waals surface area contributed by atoms with Gasteiger partial charge in [-0.05, 0) is 38.1 Å². The van der Waals surface area contributed by atoms with Crippen molar-refractivity contribution in [3.8, 4) is 17.2 Å². The smallest absolute Gasteiger partial charge is 0.310 e. The van der Waals surface area contributed by atoms with E-state index in [4.69, 9.17) is 9.47 Å². The molecule has 1 amide bonds. The van der Waals surface area contributed by atoms with Gasteiger partial charge in [0.2, 0.25) is 0 Å². The van der Waals surface area contributed by atoms with E-state index in [2.05, 4.69) is 5.32 Å². The average molecular weight is 372 g/mol. The second kappa shape index (κ2) is 7.53. The third kappa shape index (κ3) is 3.94. The van der Waals surface area contributed by atoms with Crippen molar-refractivity contribution >= 4 is 11.6 Å². The molecule has 1 unspecified atom stereocenters. The molecule has 0 saturated heterocycles. The van der Waals surface area contributed by atoms with Gasteiger partial charge < -0.3 is 19.9 Å². The SMILES string of the molecule is CCOc1cc2c(cc1CNC(=O)c1ccc([N+](=O)[O-])c(O)c1)OC(C)C2. The Hall–Kier alpha value is -3.29. The number of nitrogens with one attached hydrogen (secondary N) is 1. The molecule has 0 spiro atoms. The van der Waals surface area contributed by atoms with Crippen LogP contribution in [-0.2, 0) is 13.0 Å². The highest BCUT2D eigenvalue weighted by Crippen LogP contribution is 2.35. The summed E-state index contributed by atoms with van der Waals surface area (Å²) in [5, 5.41) is 23.2. The fourth-order valence-electron chi connectivity index (χ4n) is 3.01. The molecule has 1 aliphatic rings. The van der Waals surface area contributed by atoms with Crippen LogP contribution in [0.1, 0.15) is 35.3 Å². The largest absolute Gasteiger partial charge is 0.502 e. The van der Waals surface area contributed by atoms with E-state index >= 15 is 0 Å². The molecule has 1 heterocycles. The van der Waals surface area contributed by atoms with Crippen molar-refractivity contribution in [3.63, 3.8) is 0 Å². The molecule has 142 valence electrons. The van der Waals surface area contributed by atoms with E-state index in [1.54, 1.807) is 0 Å². The number of amides is 1. The first-order valence-electron chi connectivity index (χ1n) is 8.60. The van der Waals surface area contributed by atoms with E-state index in [-0.39, 0.29) is 18.2 Å². The van der Waals surface area contributed by atoms with Crippen molar-refractivity contribution in [2.24, 2.45) is 0 Å². The molecule has 27 heavy (non-hydrogen) atoms. The Morgan fingerprint density at radius 2 is 2.19 bits per heavy atom. The molecule has 1 atom stereocenters. The van der Waals surface area contributed by atoms with Gasteiger partial charge in [-0.3, -0.25) is 14.9 Å². The Kier molecular flexibility index (Phi) is 5.16. The normalized spacial score (nSPS) is 15.0. The minimum absolute atomic E-state index is 0.0994. The van der Waals surface area contributed by atoms with Gasteiger partial charge in [0.25, 0.3) is 5.91 Å². The standard InChI is InChI=1S/C19H20N2O6/c1-3-26-17-8-13-6-11(2)27-18(13)9-14(17)10-20-19(23)12-4-5-15(21(24)25)16(22)7-12/h4-5,7-9,11,22H,3,6,10H2,1-2H3,(H,20,23). The number of carbonyl (C=O) groups excluding carboxylic acids is 1. The van der Waals surface area contributed by atoms with Crippen LogP contribution in [0.4, 0.5) is 5.69 Å². The van der Waals surface area contributed by atoms with Gasteiger partial charge in [-0.1, -0.05) is 0 Å². The van der Waals surface area contributed by atoms with Crippen LogP contribution in [0.15, 0.2) is 30.3 Å². The zero-order chi connectivity index (χ0) is 19.6. The van der Waals surface area contributed by atoms with Gasteiger partial charge in [0, 0.05) is 35.7 Å². The summed E-state index contributed by atoms with van der Waals surface area (Å²) in [6.07, 6.45) is 0.909. The summed E-state index contributed by atoms with van der Waals surface area (Å²) in [7, 11) is 0. The number of benzene rings is 2. The second-order valence-electron chi connectivity index (χ2n) is 6.28. The van der Waals surface area contributed by atoms with Gasteiger partial charge in [0.15, 0.2) is 5.75 Å². The van der Waals surface area contributed by atoms with E-state index in [0.29, 0.717) is 12.4 Å². The fraction of sp³-hybridized carbons (Fsp3) is 0.316. The molecule has 0 aliphatic carbocycles. The lowest BCUT2D eigenvalue weighted by Crippen LogP contribution is -2.23. The highest BCUT2D eigenvalue weighted by Gasteiger charge is 2.22. The molecular formula is C19H20N2O6. The van der Waals surface area contributed by atoms with Crippen LogP contribution in [0.2, 0.25) is 0 Å². The molecule has 0 bridgehead atoms. The second-order valence-corrected chi connectivity index (χ2v) is 6.28. The van der Waals surface area contributed by atoms with Crippen LogP contribution in [0.5, 0.6) is 17.2 Å². The van der Waals surface area contributed by atoms with Crippen molar-refractivity contribution in [3.05, 3.63) is 57.1 Å². The summed E-state index contributed by atoms with van der Waals surface area (Å²) in [5.41, 5.74) is 1.52. The monoisotopic (exact) mass is 372 g/mol. The molecule has 3 rings (SSSR count). The van der Waals surface area contributed by atoms with Gasteiger partial charge in [0.05, 0.1) is 11.5 Å². The first-order chi connectivity index (χ1) is 12.9. The molecule has 2 aromatic rings. The Balaban J connectivity index is 1.76. The van der Waals surface area contributed by atoms with Crippen LogP contribution in [0.25, 0.3) is 0 Å². The third-order valence-electron chi connectivity index (χ3n) is 4.25. The summed E-state index contributed by atoms with van der Waals surface area (Å²) in [5.74, 6) is 0.448. The molecule has 0 saturated carbocycles. The lowest BCUT2D eigenvalue weighted by atomic mass is 10.1. The zero-order valence-corrected chi connectivity index (χ0v) is 15.0. The fourth-order valence-corrected chi connectivity index (χ4v) is 3.01. The Labute approximate surface area is 155 Å². The predicted octanol–water partition coefficient (Wildman–Crippen LogP) is 2.95. The van der Waals surface area contributed by atoms with Gasteiger partial charge in [-0.2, -0.15) is 0 Å². The van der Waals surface area contributed by atoms with Crippen LogP contribution in [0, 0.1) is 10.1 Å². The van der Waals surface area contributed by atoms with Crippen LogP contribution in [0.3, 0.4) is 0 Å². The topological polar surface area (TPSA) is 111 Å². The van der Waals surface area contributed by atoms with E-state index < -0.39 is 22.3 Å². The van der Waals surface area contributed by atoms with Gasteiger partial charge in [-0.25, -0.2) is 0 Å². The van der Waals surface area contributed by atoms with E-state index in [1.807, 2.05) is 26.0 Å². The molecule has 2 aromatic carbocycles. The van der Waals surface area contributed by atoms with Crippen LogP contribution in [-0.4, -0.2) is 28.6 Å². The maximum atomic E-state index is 12.3. The molecule has 8 heteroatoms. The maximum Gasteiger partial charge on any atom is 0.310 e. The number of nitrogens with zero attached hydrogens (tertiary/aromatic N) is 1. The molecule has 2 N–H and O–H groups in total. The van der Waals surface area contributed by atoms with Crippen molar-refractivity contribution in [2.45, 2.75) is 32.9 Å². The summed E-state index contributed by atoms with van der Waals surface area (Å²) in [6, 6.07) is 7.26. The third-order valence-corrected chi connectivity index (χ3v) is 4.25. The average Bonchev–Trinajstić information content (AvgIpc) is 2.98. The molecule has 0 radical (unpaired) electrons. The maximum absolute atomic E-state index is 12.3. The molecular weight excluding hydrogens is 352 g/mol. The number of rotatable bonds is 6. The molecule has 0 aromatic heterocycles. The number of hydrogen-bond acceptors (Lipinski definition) is 6. The number of phenols is 1. The number of nitro groups is 1. The number of nitro benzene ring substituents is 1. The lowest BCUT2D eigenvalue weighted by molar-refractivity contribution is -0.385. The number of hydrogen-bond donors (Lipinski definition) is 2. The summed E-state index contributed by atoms with van der Waals surface area (Å²) >= 11 is 0. The summed E-state index contributed by atoms with van der Waals surface area (Å²) in [6.45, 7) is 4.56. The van der Waals surface area contributed by atoms with Crippen LogP contribution >= 0.6 is 0 Å². The Bertz CT molecular complexity index is 896. The van der Waals surface area contributed by atoms with Crippen molar-refractivity contribution < 1.29 is 24.3 Å². The number of phenolic OH excluding ortho intramolecular Hbond substituents is 1. The summed E-state index contributed by atoms with van der Waals surface area (Å²) < 4.78 is 11.4. The molecule has 8 nitrogen and oxygen atoms in total. The first kappa shape index (κ1) is 18.5.